The van der Waals surface area contributed by atoms with Crippen LogP contribution in [0.5, 0.6) is 0 Å². The molecule has 0 radical (unpaired) electrons. The van der Waals surface area contributed by atoms with Gasteiger partial charge in [0.15, 0.2) is 0 Å². The zero-order valence-electron chi connectivity index (χ0n) is 30.3. The Balaban J connectivity index is 1.44. The Morgan fingerprint density at radius 3 is 1.65 bits per heavy atom. The lowest BCUT2D eigenvalue weighted by Gasteiger charge is -2.34. The van der Waals surface area contributed by atoms with Crippen LogP contribution in [0.1, 0.15) is 119 Å². The summed E-state index contributed by atoms with van der Waals surface area (Å²) in [6, 6.07) is 39.2. The minimum absolute atomic E-state index is 0.0153. The summed E-state index contributed by atoms with van der Waals surface area (Å²) in [6.45, 7) is 11.5. The van der Waals surface area contributed by atoms with Crippen LogP contribution in [0.3, 0.4) is 0 Å². The van der Waals surface area contributed by atoms with Crippen LogP contribution in [-0.2, 0) is 17.4 Å². The highest BCUT2D eigenvalue weighted by molar-refractivity contribution is 5.88. The molecule has 2 aliphatic rings. The van der Waals surface area contributed by atoms with Crippen molar-refractivity contribution in [3.63, 3.8) is 0 Å². The molecule has 0 spiro atoms. The number of hydrogen-bond acceptors (Lipinski definition) is 2. The Labute approximate surface area is 294 Å². The van der Waals surface area contributed by atoms with Crippen molar-refractivity contribution in [3.05, 3.63) is 137 Å². The average Bonchev–Trinajstić information content (AvgIpc) is 3.55. The van der Waals surface area contributed by atoms with Crippen LogP contribution >= 0.6 is 0 Å². The second-order valence-electron chi connectivity index (χ2n) is 14.9. The van der Waals surface area contributed by atoms with E-state index in [0.29, 0.717) is 0 Å². The van der Waals surface area contributed by atoms with Crippen molar-refractivity contribution in [3.8, 4) is 22.3 Å². The fraction of sp³-hybridized carbons (Fsp3) is 0.362. The quantitative estimate of drug-likeness (QED) is 0.137. The van der Waals surface area contributed by atoms with Gasteiger partial charge in [0.25, 0.3) is 0 Å². The van der Waals surface area contributed by atoms with Gasteiger partial charge >= 0.3 is 0 Å². The topological polar surface area (TPSA) is 23.5 Å². The molecule has 1 atom stereocenters. The number of unbranched alkanes of at least 4 members (excludes halogenated alkanes) is 3. The molecule has 2 heteroatoms. The number of aryl methyl sites for hydroxylation is 1. The van der Waals surface area contributed by atoms with Gasteiger partial charge in [-0.05, 0) is 118 Å². The predicted molar refractivity (Wildman–Crippen MR) is 208 cm³/mol. The summed E-state index contributed by atoms with van der Waals surface area (Å²) in [6.07, 6.45) is 10.7. The van der Waals surface area contributed by atoms with Crippen LogP contribution < -0.4 is 4.90 Å². The maximum Gasteiger partial charge on any atom is 0.0685 e. The van der Waals surface area contributed by atoms with Gasteiger partial charge in [-0.25, -0.2) is 0 Å². The smallest absolute Gasteiger partial charge is 0.0685 e. The van der Waals surface area contributed by atoms with Crippen LogP contribution in [0.15, 0.2) is 103 Å². The van der Waals surface area contributed by atoms with Gasteiger partial charge in [0, 0.05) is 27.9 Å². The molecular formula is C47H53NO. The number of hydrogen-bond donors (Lipinski definition) is 1. The van der Waals surface area contributed by atoms with Gasteiger partial charge in [-0.1, -0.05) is 133 Å². The first-order valence-electron chi connectivity index (χ1n) is 18.9. The molecular weight excluding hydrogens is 595 g/mol. The van der Waals surface area contributed by atoms with Crippen molar-refractivity contribution in [2.45, 2.75) is 110 Å². The lowest BCUT2D eigenvalue weighted by atomic mass is 9.71. The first-order valence-corrected chi connectivity index (χ1v) is 18.9. The monoisotopic (exact) mass is 647 g/mol. The van der Waals surface area contributed by atoms with E-state index in [1.807, 2.05) is 0 Å². The number of nitrogens with zero attached hydrogens (tertiary/aromatic N) is 1. The van der Waals surface area contributed by atoms with Crippen molar-refractivity contribution < 1.29 is 5.11 Å². The zero-order valence-corrected chi connectivity index (χ0v) is 30.3. The average molecular weight is 648 g/mol. The molecule has 2 nitrogen and oxygen atoms in total. The van der Waals surface area contributed by atoms with Crippen LogP contribution in [0.25, 0.3) is 22.3 Å². The number of anilines is 3. The van der Waals surface area contributed by atoms with Crippen molar-refractivity contribution >= 4 is 17.1 Å². The Morgan fingerprint density at radius 1 is 0.531 bits per heavy atom. The van der Waals surface area contributed by atoms with Crippen LogP contribution in [0, 0.1) is 6.92 Å². The molecule has 7 rings (SSSR count). The van der Waals surface area contributed by atoms with Gasteiger partial charge in [0.2, 0.25) is 0 Å². The van der Waals surface area contributed by atoms with Crippen molar-refractivity contribution in [2.75, 3.05) is 4.90 Å². The lowest BCUT2D eigenvalue weighted by molar-refractivity contribution is 0.281. The Kier molecular flexibility index (Phi) is 9.29. The first-order chi connectivity index (χ1) is 23.9. The lowest BCUT2D eigenvalue weighted by Crippen LogP contribution is -2.26. The highest BCUT2D eigenvalue weighted by atomic mass is 16.3. The van der Waals surface area contributed by atoms with E-state index in [9.17, 15) is 5.11 Å². The fourth-order valence-electron chi connectivity index (χ4n) is 9.12. The van der Waals surface area contributed by atoms with Crippen LogP contribution in [0.4, 0.5) is 17.1 Å². The molecule has 0 fully saturated rings. The van der Waals surface area contributed by atoms with Gasteiger partial charge in [-0.2, -0.15) is 0 Å². The fourth-order valence-corrected chi connectivity index (χ4v) is 9.12. The number of aliphatic hydroxyl groups excluding tert-OH is 1. The van der Waals surface area contributed by atoms with Gasteiger partial charge in [0.1, 0.15) is 0 Å². The molecule has 5 aromatic carbocycles. The second kappa shape index (κ2) is 13.6. The normalized spacial score (nSPS) is 16.6. The highest BCUT2D eigenvalue weighted by Crippen LogP contribution is 2.56. The van der Waals surface area contributed by atoms with Crippen molar-refractivity contribution in [2.24, 2.45) is 0 Å². The minimum atomic E-state index is -0.0395. The van der Waals surface area contributed by atoms with Gasteiger partial charge in [-0.15, -0.1) is 0 Å². The summed E-state index contributed by atoms with van der Waals surface area (Å²) in [5, 5.41) is 10.4. The van der Waals surface area contributed by atoms with Gasteiger partial charge < -0.3 is 10.0 Å². The second-order valence-corrected chi connectivity index (χ2v) is 14.9. The van der Waals surface area contributed by atoms with Crippen molar-refractivity contribution in [1.29, 1.82) is 0 Å². The van der Waals surface area contributed by atoms with Crippen LogP contribution in [0.2, 0.25) is 0 Å². The van der Waals surface area contributed by atoms with E-state index in [2.05, 4.69) is 143 Å². The Bertz CT molecular complexity index is 1960. The predicted octanol–water partition coefficient (Wildman–Crippen LogP) is 13.1. The molecule has 0 amide bonds. The SMILES string of the molecule is CCCCC1(C)c2ccccc2-c2ccc(N(c3ccc(C)c(CO)c3)c3ccc4c(c3)C(CCCC)(CCCC)c3ccccc3-4)cc21. The minimum Gasteiger partial charge on any atom is -0.392 e. The maximum absolute atomic E-state index is 10.4. The third-order valence-electron chi connectivity index (χ3n) is 11.9. The number of fused-ring (bicyclic) bond motifs is 6. The van der Waals surface area contributed by atoms with E-state index in [1.165, 1.54) is 107 Å². The largest absolute Gasteiger partial charge is 0.392 e. The van der Waals surface area contributed by atoms with Gasteiger partial charge in [-0.3, -0.25) is 0 Å². The van der Waals surface area contributed by atoms with Gasteiger partial charge in [0.05, 0.1) is 6.61 Å². The summed E-state index contributed by atoms with van der Waals surface area (Å²) in [7, 11) is 0. The van der Waals surface area contributed by atoms with E-state index in [4.69, 9.17) is 0 Å². The Hall–Kier alpha value is -4.14. The molecule has 1 unspecified atom stereocenters. The third-order valence-corrected chi connectivity index (χ3v) is 11.9. The van der Waals surface area contributed by atoms with E-state index < -0.39 is 0 Å². The van der Waals surface area contributed by atoms with E-state index in [1.54, 1.807) is 0 Å². The summed E-state index contributed by atoms with van der Waals surface area (Å²) in [5.41, 5.74) is 16.9. The van der Waals surface area contributed by atoms with E-state index in [-0.39, 0.29) is 17.4 Å². The molecule has 0 heterocycles. The summed E-state index contributed by atoms with van der Waals surface area (Å²) in [5.74, 6) is 0. The highest BCUT2D eigenvalue weighted by Gasteiger charge is 2.43. The maximum atomic E-state index is 10.4. The molecule has 49 heavy (non-hydrogen) atoms. The molecule has 252 valence electrons. The zero-order chi connectivity index (χ0) is 34.2. The van der Waals surface area contributed by atoms with Crippen LogP contribution in [-0.4, -0.2) is 5.11 Å². The van der Waals surface area contributed by atoms with E-state index in [0.717, 1.165) is 23.2 Å². The molecule has 0 saturated carbocycles. The first kappa shape index (κ1) is 33.4. The molecule has 0 aromatic heterocycles. The summed E-state index contributed by atoms with van der Waals surface area (Å²) >= 11 is 0. The molecule has 5 aromatic rings. The molecule has 2 aliphatic carbocycles. The standard InChI is InChI=1S/C47H53NO/c1-6-9-26-46(5)42-18-14-12-16-38(42)40-24-22-36(30-44(40)46)48(35-21-20-33(4)34(29-35)32-49)37-23-25-41-39-17-13-15-19-43(39)47(27-10-7-2,28-11-8-3)45(41)31-37/h12-25,29-31,49H,6-11,26-28,32H2,1-5H3. The third kappa shape index (κ3) is 5.53. The van der Waals surface area contributed by atoms with Crippen molar-refractivity contribution in [1.82, 2.24) is 0 Å². The molecule has 1 N–H and O–H groups in total. The number of aliphatic hydroxyl groups is 1. The Morgan fingerprint density at radius 2 is 1.02 bits per heavy atom. The molecule has 0 saturated heterocycles. The number of rotatable bonds is 13. The molecule has 0 aliphatic heterocycles. The summed E-state index contributed by atoms with van der Waals surface area (Å²) in [4.78, 5) is 2.45. The molecule has 0 bridgehead atoms. The number of benzene rings is 5. The van der Waals surface area contributed by atoms with E-state index >= 15 is 0 Å². The summed E-state index contributed by atoms with van der Waals surface area (Å²) < 4.78 is 0.